The van der Waals surface area contributed by atoms with E-state index in [9.17, 15) is 18.8 Å². The van der Waals surface area contributed by atoms with Crippen LogP contribution < -0.4 is 10.2 Å². The molecule has 0 aromatic heterocycles. The molecule has 1 spiro atoms. The van der Waals surface area contributed by atoms with Gasteiger partial charge in [-0.15, -0.1) is 0 Å². The van der Waals surface area contributed by atoms with Crippen molar-refractivity contribution in [1.29, 1.82) is 0 Å². The fourth-order valence-corrected chi connectivity index (χ4v) is 4.04. The molecule has 6 nitrogen and oxygen atoms in total. The second-order valence-electron chi connectivity index (χ2n) is 7.52. The number of nitrogens with zero attached hydrogens (tertiary/aromatic N) is 2. The molecule has 0 bridgehead atoms. The molecule has 7 heteroatoms. The second-order valence-corrected chi connectivity index (χ2v) is 7.52. The molecule has 4 amide bonds. The summed E-state index contributed by atoms with van der Waals surface area (Å²) in [6.45, 7) is 2.11. The highest BCUT2D eigenvalue weighted by Gasteiger charge is 2.56. The number of carbonyl (C=O) groups is 3. The zero-order valence-electron chi connectivity index (χ0n) is 15.7. The first-order valence-corrected chi connectivity index (χ1v) is 9.03. The monoisotopic (exact) mass is 381 g/mol. The smallest absolute Gasteiger partial charge is 0.331 e. The summed E-state index contributed by atoms with van der Waals surface area (Å²) in [5, 5.41) is 2.34. The normalized spacial score (nSPS) is 21.8. The van der Waals surface area contributed by atoms with E-state index in [1.807, 2.05) is 37.1 Å². The van der Waals surface area contributed by atoms with Crippen LogP contribution in [0, 0.1) is 18.2 Å². The number of anilines is 1. The Morgan fingerprint density at radius 3 is 2.54 bits per heavy atom. The predicted molar refractivity (Wildman–Crippen MR) is 101 cm³/mol. The Hall–Kier alpha value is -3.22. The van der Waals surface area contributed by atoms with Crippen LogP contribution in [0.3, 0.4) is 0 Å². The van der Waals surface area contributed by atoms with Crippen molar-refractivity contribution < 1.29 is 18.8 Å². The quantitative estimate of drug-likeness (QED) is 0.811. The maximum Gasteiger partial charge on any atom is 0.331 e. The van der Waals surface area contributed by atoms with Gasteiger partial charge in [0.2, 0.25) is 11.8 Å². The first-order valence-electron chi connectivity index (χ1n) is 9.03. The van der Waals surface area contributed by atoms with E-state index in [-0.39, 0.29) is 19.5 Å². The van der Waals surface area contributed by atoms with Crippen molar-refractivity contribution in [3.63, 3.8) is 0 Å². The number of halogens is 1. The van der Waals surface area contributed by atoms with Gasteiger partial charge in [-0.2, -0.15) is 0 Å². The van der Waals surface area contributed by atoms with E-state index in [2.05, 4.69) is 5.32 Å². The average molecular weight is 381 g/mol. The molecule has 1 fully saturated rings. The number of carbonyl (C=O) groups excluding carboxylic acids is 3. The molecule has 2 aliphatic heterocycles. The molecule has 1 N–H and O–H groups in total. The maximum absolute atomic E-state index is 13.4. The molecule has 1 saturated heterocycles. The highest BCUT2D eigenvalue weighted by molar-refractivity contribution is 6.20. The molecule has 0 saturated carbocycles. The number of hydrogen-bond donors (Lipinski definition) is 1. The third kappa shape index (κ3) is 2.83. The number of benzene rings is 2. The van der Waals surface area contributed by atoms with Crippen molar-refractivity contribution in [2.45, 2.75) is 19.9 Å². The van der Waals surface area contributed by atoms with E-state index in [0.717, 1.165) is 21.7 Å². The van der Waals surface area contributed by atoms with Gasteiger partial charge in [0.05, 0.1) is 6.54 Å². The third-order valence-corrected chi connectivity index (χ3v) is 5.45. The lowest BCUT2D eigenvalue weighted by Gasteiger charge is -2.45. The Morgan fingerprint density at radius 2 is 1.82 bits per heavy atom. The topological polar surface area (TPSA) is 69.7 Å². The van der Waals surface area contributed by atoms with Crippen molar-refractivity contribution in [3.8, 4) is 0 Å². The molecular weight excluding hydrogens is 361 g/mol. The molecule has 0 unspecified atom stereocenters. The van der Waals surface area contributed by atoms with Gasteiger partial charge in [-0.1, -0.05) is 29.8 Å². The maximum atomic E-state index is 13.4. The summed E-state index contributed by atoms with van der Waals surface area (Å²) >= 11 is 0. The zero-order valence-corrected chi connectivity index (χ0v) is 15.7. The van der Waals surface area contributed by atoms with E-state index >= 15 is 0 Å². The fourth-order valence-electron chi connectivity index (χ4n) is 4.04. The minimum absolute atomic E-state index is 0.0234. The van der Waals surface area contributed by atoms with Gasteiger partial charge in [-0.3, -0.25) is 19.8 Å². The van der Waals surface area contributed by atoms with Crippen molar-refractivity contribution in [3.05, 3.63) is 65.0 Å². The van der Waals surface area contributed by atoms with Gasteiger partial charge in [0.15, 0.2) is 0 Å². The minimum Gasteiger partial charge on any atom is -0.373 e. The minimum atomic E-state index is -1.37. The van der Waals surface area contributed by atoms with Crippen LogP contribution >= 0.6 is 0 Å². The van der Waals surface area contributed by atoms with Crippen LogP contribution in [0.15, 0.2) is 42.5 Å². The van der Waals surface area contributed by atoms with Gasteiger partial charge in [0.1, 0.15) is 11.2 Å². The number of hydrogen-bond acceptors (Lipinski definition) is 4. The molecule has 2 aliphatic rings. The fraction of sp³-hybridized carbons (Fsp3) is 0.286. The van der Waals surface area contributed by atoms with Gasteiger partial charge in [-0.25, -0.2) is 9.18 Å². The Morgan fingerprint density at radius 1 is 1.11 bits per heavy atom. The van der Waals surface area contributed by atoms with Crippen LogP contribution in [0.1, 0.15) is 16.7 Å². The number of imide groups is 2. The van der Waals surface area contributed by atoms with E-state index in [0.29, 0.717) is 5.56 Å². The van der Waals surface area contributed by atoms with Gasteiger partial charge in [0.25, 0.3) is 0 Å². The molecular formula is C21H20FN3O3. The lowest BCUT2D eigenvalue weighted by Crippen LogP contribution is -2.68. The average Bonchev–Trinajstić information content (AvgIpc) is 2.65. The van der Waals surface area contributed by atoms with E-state index < -0.39 is 29.1 Å². The van der Waals surface area contributed by atoms with Gasteiger partial charge >= 0.3 is 6.03 Å². The number of nitrogens with one attached hydrogen (secondary N) is 1. The van der Waals surface area contributed by atoms with Gasteiger partial charge in [-0.05, 0) is 42.7 Å². The Labute approximate surface area is 161 Å². The number of amides is 4. The summed E-state index contributed by atoms with van der Waals surface area (Å²) in [6.07, 6.45) is 0.228. The molecule has 144 valence electrons. The highest BCUT2D eigenvalue weighted by Crippen LogP contribution is 2.39. The summed E-state index contributed by atoms with van der Waals surface area (Å²) in [4.78, 5) is 41.5. The van der Waals surface area contributed by atoms with Crippen LogP contribution in [0.5, 0.6) is 0 Å². The summed E-state index contributed by atoms with van der Waals surface area (Å²) in [5.74, 6) is -1.49. The standard InChI is InChI=1S/C21H20FN3O3/c1-13-3-8-17-15(9-13)10-21(12-24(17)2)18(26)23-20(28)25(19(21)27)11-14-4-6-16(22)7-5-14/h3-9H,10-12H2,1-2H3,(H,23,26,28)/t21-/m0/s1. The number of urea groups is 1. The van der Waals surface area contributed by atoms with Crippen molar-refractivity contribution in [2.75, 3.05) is 18.5 Å². The van der Waals surface area contributed by atoms with Crippen LogP contribution in [-0.4, -0.2) is 36.3 Å². The van der Waals surface area contributed by atoms with E-state index in [1.165, 1.54) is 24.3 Å². The number of rotatable bonds is 2. The van der Waals surface area contributed by atoms with Crippen LogP contribution in [-0.2, 0) is 22.6 Å². The lowest BCUT2D eigenvalue weighted by molar-refractivity contribution is -0.151. The molecule has 28 heavy (non-hydrogen) atoms. The Kier molecular flexibility index (Phi) is 4.18. The molecule has 2 aromatic rings. The predicted octanol–water partition coefficient (Wildman–Crippen LogP) is 2.39. The summed E-state index contributed by atoms with van der Waals surface area (Å²) in [7, 11) is 1.83. The number of aryl methyl sites for hydroxylation is 1. The van der Waals surface area contributed by atoms with E-state index in [1.54, 1.807) is 0 Å². The summed E-state index contributed by atoms with van der Waals surface area (Å²) < 4.78 is 13.2. The SMILES string of the molecule is Cc1ccc2c(c1)C[C@]1(CN2C)C(=O)NC(=O)N(Cc2ccc(F)cc2)C1=O. The second kappa shape index (κ2) is 6.44. The van der Waals surface area contributed by atoms with Gasteiger partial charge in [0, 0.05) is 19.3 Å². The molecule has 2 heterocycles. The Bertz CT molecular complexity index is 989. The number of fused-ring (bicyclic) bond motifs is 1. The van der Waals surface area contributed by atoms with E-state index in [4.69, 9.17) is 0 Å². The summed E-state index contributed by atoms with van der Waals surface area (Å²) in [5.41, 5.74) is 2.14. The largest absolute Gasteiger partial charge is 0.373 e. The zero-order chi connectivity index (χ0) is 20.1. The molecule has 0 radical (unpaired) electrons. The first kappa shape index (κ1) is 18.2. The summed E-state index contributed by atoms with van der Waals surface area (Å²) in [6, 6.07) is 10.8. The lowest BCUT2D eigenvalue weighted by atomic mass is 9.74. The highest BCUT2D eigenvalue weighted by atomic mass is 19.1. The van der Waals surface area contributed by atoms with Gasteiger partial charge < -0.3 is 4.90 Å². The van der Waals surface area contributed by atoms with Crippen molar-refractivity contribution in [2.24, 2.45) is 5.41 Å². The first-order chi connectivity index (χ1) is 13.3. The van der Waals surface area contributed by atoms with Crippen LogP contribution in [0.2, 0.25) is 0 Å². The Balaban J connectivity index is 1.70. The molecule has 1 atom stereocenters. The molecule has 4 rings (SSSR count). The number of barbiturate groups is 1. The molecule has 0 aliphatic carbocycles. The van der Waals surface area contributed by atoms with Crippen LogP contribution in [0.25, 0.3) is 0 Å². The van der Waals surface area contributed by atoms with Crippen LogP contribution in [0.4, 0.5) is 14.9 Å². The van der Waals surface area contributed by atoms with Crippen molar-refractivity contribution >= 4 is 23.5 Å². The van der Waals surface area contributed by atoms with Crippen molar-refractivity contribution in [1.82, 2.24) is 10.2 Å². The third-order valence-electron chi connectivity index (χ3n) is 5.45. The molecule has 2 aromatic carbocycles.